The highest BCUT2D eigenvalue weighted by Gasteiger charge is 2.53. The molecular formula is C16H29IN4S. The lowest BCUT2D eigenvalue weighted by Crippen LogP contribution is -2.72. The van der Waals surface area contributed by atoms with Gasteiger partial charge in [-0.2, -0.15) is 0 Å². The SMILES string of the molecule is CCNC(=NCCc1csc(C)n1)N1CC(C)(C)C1(C)C.I. The summed E-state index contributed by atoms with van der Waals surface area (Å²) >= 11 is 1.71. The molecule has 1 aliphatic heterocycles. The summed E-state index contributed by atoms with van der Waals surface area (Å²) in [5.41, 5.74) is 1.63. The van der Waals surface area contributed by atoms with Crippen molar-refractivity contribution < 1.29 is 0 Å². The second-order valence-corrected chi connectivity index (χ2v) is 7.93. The van der Waals surface area contributed by atoms with Gasteiger partial charge in [0.2, 0.25) is 0 Å². The van der Waals surface area contributed by atoms with Gasteiger partial charge in [-0.25, -0.2) is 4.98 Å². The number of hydrogen-bond acceptors (Lipinski definition) is 3. The highest BCUT2D eigenvalue weighted by Crippen LogP contribution is 2.46. The van der Waals surface area contributed by atoms with Gasteiger partial charge in [-0.15, -0.1) is 35.3 Å². The number of aryl methyl sites for hydroxylation is 1. The molecule has 126 valence electrons. The van der Waals surface area contributed by atoms with Crippen molar-refractivity contribution in [3.63, 3.8) is 0 Å². The van der Waals surface area contributed by atoms with Crippen LogP contribution < -0.4 is 5.32 Å². The average Bonchev–Trinajstić information content (AvgIpc) is 2.81. The molecule has 0 saturated carbocycles. The molecule has 1 saturated heterocycles. The molecule has 2 rings (SSSR count). The van der Waals surface area contributed by atoms with Crippen molar-refractivity contribution in [2.75, 3.05) is 19.6 Å². The van der Waals surface area contributed by atoms with Crippen LogP contribution in [0.15, 0.2) is 10.4 Å². The molecule has 0 radical (unpaired) electrons. The molecule has 0 amide bonds. The van der Waals surface area contributed by atoms with Gasteiger partial charge < -0.3 is 10.2 Å². The van der Waals surface area contributed by atoms with Crippen molar-refractivity contribution in [1.82, 2.24) is 15.2 Å². The summed E-state index contributed by atoms with van der Waals surface area (Å²) in [6.07, 6.45) is 0.914. The largest absolute Gasteiger partial charge is 0.356 e. The van der Waals surface area contributed by atoms with E-state index in [4.69, 9.17) is 4.99 Å². The molecule has 0 atom stereocenters. The summed E-state index contributed by atoms with van der Waals surface area (Å²) in [5.74, 6) is 1.04. The molecule has 1 aromatic heterocycles. The Bertz CT molecular complexity index is 522. The maximum absolute atomic E-state index is 4.80. The summed E-state index contributed by atoms with van der Waals surface area (Å²) in [6.45, 7) is 16.2. The molecule has 22 heavy (non-hydrogen) atoms. The number of halogens is 1. The van der Waals surface area contributed by atoms with Crippen molar-refractivity contribution in [2.45, 2.75) is 53.5 Å². The zero-order valence-corrected chi connectivity index (χ0v) is 17.7. The Balaban J connectivity index is 0.00000242. The average molecular weight is 436 g/mol. The van der Waals surface area contributed by atoms with Crippen LogP contribution in [0.4, 0.5) is 0 Å². The number of aromatic nitrogens is 1. The molecule has 0 bridgehead atoms. The third kappa shape index (κ3) is 3.93. The van der Waals surface area contributed by atoms with Crippen molar-refractivity contribution >= 4 is 41.3 Å². The molecule has 0 spiro atoms. The predicted molar refractivity (Wildman–Crippen MR) is 107 cm³/mol. The Morgan fingerprint density at radius 3 is 2.55 bits per heavy atom. The van der Waals surface area contributed by atoms with E-state index in [0.29, 0.717) is 5.41 Å². The van der Waals surface area contributed by atoms with E-state index in [2.05, 4.69) is 55.2 Å². The summed E-state index contributed by atoms with van der Waals surface area (Å²) in [6, 6.07) is 0. The molecule has 4 nitrogen and oxygen atoms in total. The van der Waals surface area contributed by atoms with E-state index in [1.165, 1.54) is 0 Å². The van der Waals surface area contributed by atoms with Crippen LogP contribution in [0.3, 0.4) is 0 Å². The summed E-state index contributed by atoms with van der Waals surface area (Å²) in [4.78, 5) is 11.7. The molecule has 2 heterocycles. The Morgan fingerprint density at radius 2 is 2.09 bits per heavy atom. The number of nitrogens with zero attached hydrogens (tertiary/aromatic N) is 3. The highest BCUT2D eigenvalue weighted by atomic mass is 127. The predicted octanol–water partition coefficient (Wildman–Crippen LogP) is 3.70. The van der Waals surface area contributed by atoms with E-state index in [9.17, 15) is 0 Å². The maximum atomic E-state index is 4.80. The number of guanidine groups is 1. The van der Waals surface area contributed by atoms with E-state index in [0.717, 1.165) is 42.7 Å². The lowest BCUT2D eigenvalue weighted by atomic mass is 9.65. The molecule has 1 N–H and O–H groups in total. The van der Waals surface area contributed by atoms with E-state index < -0.39 is 0 Å². The third-order valence-corrected chi connectivity index (χ3v) is 5.59. The van der Waals surface area contributed by atoms with Gasteiger partial charge in [0.05, 0.1) is 10.7 Å². The van der Waals surface area contributed by atoms with Gasteiger partial charge in [-0.3, -0.25) is 4.99 Å². The molecule has 0 aliphatic carbocycles. The van der Waals surface area contributed by atoms with Crippen LogP contribution >= 0.6 is 35.3 Å². The standard InChI is InChI=1S/C16H28N4S.HI/c1-7-17-14(20-11-15(3,4)16(20,5)6)18-9-8-13-10-21-12(2)19-13;/h10H,7-9,11H2,1-6H3,(H,17,18);1H. The number of aliphatic imine (C=N–C) groups is 1. The minimum Gasteiger partial charge on any atom is -0.356 e. The number of nitrogens with one attached hydrogen (secondary N) is 1. The van der Waals surface area contributed by atoms with Crippen LogP contribution in [0.1, 0.15) is 45.3 Å². The second kappa shape index (κ2) is 7.47. The van der Waals surface area contributed by atoms with Crippen molar-refractivity contribution in [2.24, 2.45) is 10.4 Å². The highest BCUT2D eigenvalue weighted by molar-refractivity contribution is 14.0. The lowest BCUT2D eigenvalue weighted by molar-refractivity contribution is -0.0667. The lowest BCUT2D eigenvalue weighted by Gasteiger charge is -2.62. The first-order valence-corrected chi connectivity index (χ1v) is 8.63. The first-order valence-electron chi connectivity index (χ1n) is 7.75. The van der Waals surface area contributed by atoms with Crippen LogP contribution in [-0.4, -0.2) is 41.0 Å². The number of likely N-dealkylation sites (tertiary alicyclic amines) is 1. The quantitative estimate of drug-likeness (QED) is 0.445. The fourth-order valence-corrected chi connectivity index (χ4v) is 3.24. The Kier molecular flexibility index (Phi) is 6.68. The maximum Gasteiger partial charge on any atom is 0.194 e. The smallest absolute Gasteiger partial charge is 0.194 e. The summed E-state index contributed by atoms with van der Waals surface area (Å²) < 4.78 is 0. The first-order chi connectivity index (χ1) is 9.78. The molecule has 1 aromatic rings. The van der Waals surface area contributed by atoms with E-state index >= 15 is 0 Å². The molecule has 6 heteroatoms. The number of rotatable bonds is 4. The minimum absolute atomic E-state index is 0. The second-order valence-electron chi connectivity index (χ2n) is 6.87. The van der Waals surface area contributed by atoms with Crippen molar-refractivity contribution in [1.29, 1.82) is 0 Å². The Labute approximate surface area is 155 Å². The van der Waals surface area contributed by atoms with Gasteiger partial charge >= 0.3 is 0 Å². The van der Waals surface area contributed by atoms with Crippen LogP contribution in [0.2, 0.25) is 0 Å². The Hall–Kier alpha value is -0.370. The van der Waals surface area contributed by atoms with Crippen molar-refractivity contribution in [3.05, 3.63) is 16.1 Å². The van der Waals surface area contributed by atoms with Crippen LogP contribution in [0.25, 0.3) is 0 Å². The number of thiazole rings is 1. The fourth-order valence-electron chi connectivity index (χ4n) is 2.59. The molecule has 1 fully saturated rings. The molecule has 0 aromatic carbocycles. The molecular weight excluding hydrogens is 407 g/mol. The van der Waals surface area contributed by atoms with Crippen LogP contribution in [0.5, 0.6) is 0 Å². The van der Waals surface area contributed by atoms with Gasteiger partial charge in [-0.05, 0) is 27.7 Å². The normalized spacial score (nSPS) is 19.4. The third-order valence-electron chi connectivity index (χ3n) is 4.77. The summed E-state index contributed by atoms with van der Waals surface area (Å²) in [7, 11) is 0. The van der Waals surface area contributed by atoms with Gasteiger partial charge in [0.1, 0.15) is 0 Å². The topological polar surface area (TPSA) is 40.5 Å². The number of hydrogen-bond donors (Lipinski definition) is 1. The zero-order chi connectivity index (χ0) is 15.7. The summed E-state index contributed by atoms with van der Waals surface area (Å²) in [5, 5.41) is 6.69. The van der Waals surface area contributed by atoms with Gasteiger partial charge in [-0.1, -0.05) is 13.8 Å². The zero-order valence-electron chi connectivity index (χ0n) is 14.6. The molecule has 1 aliphatic rings. The van der Waals surface area contributed by atoms with E-state index in [1.54, 1.807) is 11.3 Å². The van der Waals surface area contributed by atoms with E-state index in [1.807, 2.05) is 6.92 Å². The van der Waals surface area contributed by atoms with E-state index in [-0.39, 0.29) is 29.5 Å². The van der Waals surface area contributed by atoms with Crippen molar-refractivity contribution in [3.8, 4) is 0 Å². The van der Waals surface area contributed by atoms with Crippen LogP contribution in [0, 0.1) is 12.3 Å². The van der Waals surface area contributed by atoms with Gasteiger partial charge in [0, 0.05) is 42.4 Å². The molecule has 0 unspecified atom stereocenters. The fraction of sp³-hybridized carbons (Fsp3) is 0.750. The van der Waals surface area contributed by atoms with Crippen LogP contribution in [-0.2, 0) is 6.42 Å². The first kappa shape index (κ1) is 19.7. The van der Waals surface area contributed by atoms with Gasteiger partial charge in [0.25, 0.3) is 0 Å². The monoisotopic (exact) mass is 436 g/mol. The Morgan fingerprint density at radius 1 is 1.41 bits per heavy atom. The van der Waals surface area contributed by atoms with Gasteiger partial charge in [0.15, 0.2) is 5.96 Å². The minimum atomic E-state index is 0.